The molecule has 1 aliphatic heterocycles. The monoisotopic (exact) mass is 282 g/mol. The average molecular weight is 283 g/mol. The van der Waals surface area contributed by atoms with Crippen LogP contribution in [0.1, 0.15) is 42.1 Å². The van der Waals surface area contributed by atoms with Gasteiger partial charge in [0.2, 0.25) is 0 Å². The highest BCUT2D eigenvalue weighted by Crippen LogP contribution is 2.17. The van der Waals surface area contributed by atoms with Crippen LogP contribution in [0.3, 0.4) is 0 Å². The van der Waals surface area contributed by atoms with Crippen molar-refractivity contribution in [3.05, 3.63) is 35.4 Å². The largest absolute Gasteiger partial charge is 0.337 e. The summed E-state index contributed by atoms with van der Waals surface area (Å²) < 4.78 is 0. The van der Waals surface area contributed by atoms with Crippen molar-refractivity contribution >= 4 is 18.3 Å². The summed E-state index contributed by atoms with van der Waals surface area (Å²) in [7, 11) is 1.90. The molecule has 1 aromatic rings. The first-order valence-electron chi connectivity index (χ1n) is 6.67. The Kier molecular flexibility index (Phi) is 5.83. The number of rotatable bonds is 3. The Bertz CT molecular complexity index is 411. The molecule has 2 rings (SSSR count). The molecule has 1 aromatic carbocycles. The number of halogens is 1. The van der Waals surface area contributed by atoms with Crippen molar-refractivity contribution in [3.63, 3.8) is 0 Å². The molecular weight excluding hydrogens is 260 g/mol. The highest BCUT2D eigenvalue weighted by molar-refractivity contribution is 5.94. The van der Waals surface area contributed by atoms with E-state index in [0.29, 0.717) is 12.0 Å². The lowest BCUT2D eigenvalue weighted by molar-refractivity contribution is 0.0744. The van der Waals surface area contributed by atoms with Gasteiger partial charge in [0.25, 0.3) is 5.91 Å². The molecule has 0 radical (unpaired) electrons. The van der Waals surface area contributed by atoms with Crippen molar-refractivity contribution < 1.29 is 4.79 Å². The molecule has 1 fully saturated rings. The van der Waals surface area contributed by atoms with Gasteiger partial charge in [0.1, 0.15) is 0 Å². The standard InChI is InChI=1S/C15H22N2O.ClH/c1-11(2)12-4-6-13(7-5-12)15(18)17(3)14-8-9-16-10-14;/h4-7,11,14,16H,8-10H2,1-3H3;1H. The lowest BCUT2D eigenvalue weighted by atomic mass is 10.0. The Morgan fingerprint density at radius 2 is 1.95 bits per heavy atom. The summed E-state index contributed by atoms with van der Waals surface area (Å²) in [5.41, 5.74) is 2.06. The van der Waals surface area contributed by atoms with E-state index in [1.807, 2.05) is 24.1 Å². The summed E-state index contributed by atoms with van der Waals surface area (Å²) in [6, 6.07) is 8.33. The average Bonchev–Trinajstić information content (AvgIpc) is 2.91. The summed E-state index contributed by atoms with van der Waals surface area (Å²) in [6.45, 7) is 6.24. The molecule has 19 heavy (non-hydrogen) atoms. The number of likely N-dealkylation sites (N-methyl/N-ethyl adjacent to an activating group) is 1. The summed E-state index contributed by atoms with van der Waals surface area (Å²) in [4.78, 5) is 14.2. The normalized spacial score (nSPS) is 18.2. The highest BCUT2D eigenvalue weighted by Gasteiger charge is 2.23. The molecule has 1 saturated heterocycles. The lowest BCUT2D eigenvalue weighted by Crippen LogP contribution is -2.38. The maximum Gasteiger partial charge on any atom is 0.253 e. The SMILES string of the molecule is CC(C)c1ccc(C(=O)N(C)C2CCNC2)cc1.Cl. The molecule has 0 spiro atoms. The fourth-order valence-electron chi connectivity index (χ4n) is 2.35. The molecule has 0 saturated carbocycles. The summed E-state index contributed by atoms with van der Waals surface area (Å²) >= 11 is 0. The fraction of sp³-hybridized carbons (Fsp3) is 0.533. The molecule has 1 heterocycles. The highest BCUT2D eigenvalue weighted by atomic mass is 35.5. The van der Waals surface area contributed by atoms with E-state index in [2.05, 4.69) is 31.3 Å². The first kappa shape index (κ1) is 16.0. The minimum atomic E-state index is 0. The second kappa shape index (κ2) is 6.92. The van der Waals surface area contributed by atoms with Crippen molar-refractivity contribution in [2.75, 3.05) is 20.1 Å². The zero-order valence-electron chi connectivity index (χ0n) is 11.8. The molecule has 3 nitrogen and oxygen atoms in total. The van der Waals surface area contributed by atoms with Gasteiger partial charge in [-0.25, -0.2) is 0 Å². The topological polar surface area (TPSA) is 32.3 Å². The predicted octanol–water partition coefficient (Wildman–Crippen LogP) is 2.67. The predicted molar refractivity (Wildman–Crippen MR) is 81.1 cm³/mol. The van der Waals surface area contributed by atoms with Crippen LogP contribution in [-0.2, 0) is 0 Å². The first-order valence-corrected chi connectivity index (χ1v) is 6.67. The number of nitrogens with one attached hydrogen (secondary N) is 1. The molecule has 1 atom stereocenters. The molecule has 4 heteroatoms. The van der Waals surface area contributed by atoms with Crippen LogP contribution in [0.15, 0.2) is 24.3 Å². The maximum atomic E-state index is 12.3. The molecule has 0 aliphatic carbocycles. The second-order valence-corrected chi connectivity index (χ2v) is 5.34. The van der Waals surface area contributed by atoms with Crippen LogP contribution in [0.5, 0.6) is 0 Å². The van der Waals surface area contributed by atoms with E-state index in [1.165, 1.54) is 5.56 Å². The maximum absolute atomic E-state index is 12.3. The Balaban J connectivity index is 0.00000180. The van der Waals surface area contributed by atoms with E-state index in [0.717, 1.165) is 25.1 Å². The van der Waals surface area contributed by atoms with Gasteiger partial charge in [0.15, 0.2) is 0 Å². The molecule has 1 N–H and O–H groups in total. The lowest BCUT2D eigenvalue weighted by Gasteiger charge is -2.24. The van der Waals surface area contributed by atoms with Crippen LogP contribution < -0.4 is 5.32 Å². The Morgan fingerprint density at radius 3 is 2.42 bits per heavy atom. The molecule has 1 amide bonds. The van der Waals surface area contributed by atoms with Crippen molar-refractivity contribution in [3.8, 4) is 0 Å². The van der Waals surface area contributed by atoms with Crippen LogP contribution >= 0.6 is 12.4 Å². The first-order chi connectivity index (χ1) is 8.59. The van der Waals surface area contributed by atoms with Gasteiger partial charge in [-0.05, 0) is 36.6 Å². The number of benzene rings is 1. The van der Waals surface area contributed by atoms with E-state index in [4.69, 9.17) is 0 Å². The zero-order valence-corrected chi connectivity index (χ0v) is 12.7. The van der Waals surface area contributed by atoms with Gasteiger partial charge in [0, 0.05) is 25.2 Å². The Labute approximate surface area is 121 Å². The number of hydrogen-bond acceptors (Lipinski definition) is 2. The Hall–Kier alpha value is -1.06. The van der Waals surface area contributed by atoms with Crippen molar-refractivity contribution in [1.82, 2.24) is 10.2 Å². The molecule has 0 aromatic heterocycles. The van der Waals surface area contributed by atoms with Gasteiger partial charge in [-0.3, -0.25) is 4.79 Å². The van der Waals surface area contributed by atoms with E-state index in [-0.39, 0.29) is 18.3 Å². The van der Waals surface area contributed by atoms with Crippen LogP contribution in [0, 0.1) is 0 Å². The van der Waals surface area contributed by atoms with E-state index in [1.54, 1.807) is 0 Å². The number of carbonyl (C=O) groups is 1. The summed E-state index contributed by atoms with van der Waals surface area (Å²) in [5, 5.41) is 3.29. The van der Waals surface area contributed by atoms with Crippen LogP contribution in [0.4, 0.5) is 0 Å². The smallest absolute Gasteiger partial charge is 0.253 e. The summed E-state index contributed by atoms with van der Waals surface area (Å²) in [6.07, 6.45) is 1.05. The molecule has 106 valence electrons. The van der Waals surface area contributed by atoms with Gasteiger partial charge < -0.3 is 10.2 Å². The van der Waals surface area contributed by atoms with E-state index >= 15 is 0 Å². The number of amides is 1. The number of nitrogens with zero attached hydrogens (tertiary/aromatic N) is 1. The zero-order chi connectivity index (χ0) is 13.1. The van der Waals surface area contributed by atoms with Gasteiger partial charge >= 0.3 is 0 Å². The van der Waals surface area contributed by atoms with E-state index in [9.17, 15) is 4.79 Å². The van der Waals surface area contributed by atoms with Gasteiger partial charge in [-0.1, -0.05) is 26.0 Å². The minimum absolute atomic E-state index is 0. The summed E-state index contributed by atoms with van der Waals surface area (Å²) in [5.74, 6) is 0.630. The quantitative estimate of drug-likeness (QED) is 0.924. The van der Waals surface area contributed by atoms with Crippen molar-refractivity contribution in [2.45, 2.75) is 32.2 Å². The molecule has 1 aliphatic rings. The van der Waals surface area contributed by atoms with Gasteiger partial charge in [-0.2, -0.15) is 0 Å². The molecular formula is C15H23ClN2O. The molecule has 0 bridgehead atoms. The van der Waals surface area contributed by atoms with E-state index < -0.39 is 0 Å². The third-order valence-electron chi connectivity index (χ3n) is 3.73. The molecule has 1 unspecified atom stereocenters. The Morgan fingerprint density at radius 1 is 1.32 bits per heavy atom. The third-order valence-corrected chi connectivity index (χ3v) is 3.73. The van der Waals surface area contributed by atoms with Crippen LogP contribution in [0.25, 0.3) is 0 Å². The number of hydrogen-bond donors (Lipinski definition) is 1. The third kappa shape index (κ3) is 3.71. The van der Waals surface area contributed by atoms with Gasteiger partial charge in [0.05, 0.1) is 0 Å². The van der Waals surface area contributed by atoms with Crippen LogP contribution in [0.2, 0.25) is 0 Å². The van der Waals surface area contributed by atoms with Crippen molar-refractivity contribution in [1.29, 1.82) is 0 Å². The second-order valence-electron chi connectivity index (χ2n) is 5.34. The van der Waals surface area contributed by atoms with Crippen molar-refractivity contribution in [2.24, 2.45) is 0 Å². The minimum Gasteiger partial charge on any atom is -0.337 e. The fourth-order valence-corrected chi connectivity index (χ4v) is 2.35. The van der Waals surface area contributed by atoms with Crippen LogP contribution in [-0.4, -0.2) is 37.0 Å². The van der Waals surface area contributed by atoms with Gasteiger partial charge in [-0.15, -0.1) is 12.4 Å². The number of carbonyl (C=O) groups excluding carboxylic acids is 1.